The van der Waals surface area contributed by atoms with Gasteiger partial charge in [-0.15, -0.1) is 0 Å². The van der Waals surface area contributed by atoms with Crippen LogP contribution in [0.2, 0.25) is 0 Å². The predicted octanol–water partition coefficient (Wildman–Crippen LogP) is 3.12. The molecule has 0 atom stereocenters. The fraction of sp³-hybridized carbons (Fsp3) is 0.700. The molecule has 0 N–H and O–H groups in total. The molecule has 0 bridgehead atoms. The van der Waals surface area contributed by atoms with E-state index in [0.717, 1.165) is 0 Å². The van der Waals surface area contributed by atoms with Crippen molar-refractivity contribution in [2.45, 2.75) is 44.9 Å². The Morgan fingerprint density at radius 1 is 0.900 bits per heavy atom. The van der Waals surface area contributed by atoms with Gasteiger partial charge in [0.15, 0.2) is 0 Å². The molecule has 0 aromatic rings. The van der Waals surface area contributed by atoms with Crippen molar-refractivity contribution in [1.82, 2.24) is 0 Å². The molecule has 0 aromatic heterocycles. The van der Waals surface area contributed by atoms with Gasteiger partial charge in [0, 0.05) is 0 Å². The number of allylic oxidation sites excluding steroid dienone is 2. The van der Waals surface area contributed by atoms with E-state index in [1.54, 1.807) is 11.1 Å². The second-order valence-electron chi connectivity index (χ2n) is 3.34. The predicted molar refractivity (Wildman–Crippen MR) is 42.6 cm³/mol. The first-order chi connectivity index (χ1) is 4.97. The average molecular weight is 134 g/mol. The minimum absolute atomic E-state index is 1.19. The van der Waals surface area contributed by atoms with Gasteiger partial charge in [-0.3, -0.25) is 0 Å². The van der Waals surface area contributed by atoms with Crippen LogP contribution in [0.15, 0.2) is 11.1 Å². The molecule has 10 heavy (non-hydrogen) atoms. The summed E-state index contributed by atoms with van der Waals surface area (Å²) < 4.78 is 0. The standard InChI is InChI=1S/C10H14/c1-2-6-10-8-4-3-7-9(10)5-1/h1-3,5-8H2. The molecule has 0 unspecified atom stereocenters. The smallest absolute Gasteiger partial charge is 0.0127 e. The van der Waals surface area contributed by atoms with Crippen molar-refractivity contribution in [3.8, 4) is 0 Å². The van der Waals surface area contributed by atoms with E-state index < -0.39 is 0 Å². The summed E-state index contributed by atoms with van der Waals surface area (Å²) in [5.41, 5.74) is 3.52. The van der Waals surface area contributed by atoms with Gasteiger partial charge in [0.25, 0.3) is 0 Å². The van der Waals surface area contributed by atoms with Crippen molar-refractivity contribution in [3.05, 3.63) is 17.6 Å². The zero-order valence-electron chi connectivity index (χ0n) is 6.45. The van der Waals surface area contributed by atoms with Crippen LogP contribution in [-0.4, -0.2) is 0 Å². The third-order valence-corrected chi connectivity index (χ3v) is 2.65. The summed E-state index contributed by atoms with van der Waals surface area (Å²) in [4.78, 5) is 0. The minimum Gasteiger partial charge on any atom is -0.0710 e. The zero-order valence-corrected chi connectivity index (χ0v) is 6.45. The minimum atomic E-state index is 1.19. The largest absolute Gasteiger partial charge is 0.0710 e. The highest BCUT2D eigenvalue weighted by Crippen LogP contribution is 2.34. The summed E-state index contributed by atoms with van der Waals surface area (Å²) in [7, 11) is 0. The molecule has 0 nitrogen and oxygen atoms in total. The summed E-state index contributed by atoms with van der Waals surface area (Å²) in [5.74, 6) is 0. The molecule has 2 aliphatic carbocycles. The van der Waals surface area contributed by atoms with E-state index in [-0.39, 0.29) is 0 Å². The molecular weight excluding hydrogens is 120 g/mol. The Bertz CT molecular complexity index is 119. The van der Waals surface area contributed by atoms with E-state index in [4.69, 9.17) is 0 Å². The third kappa shape index (κ3) is 1.12. The van der Waals surface area contributed by atoms with Crippen LogP contribution in [0.3, 0.4) is 0 Å². The van der Waals surface area contributed by atoms with Crippen LogP contribution in [0.4, 0.5) is 0 Å². The Balaban J connectivity index is 2.14. The van der Waals surface area contributed by atoms with Crippen molar-refractivity contribution >= 4 is 0 Å². The van der Waals surface area contributed by atoms with Gasteiger partial charge >= 0.3 is 0 Å². The molecule has 0 aliphatic heterocycles. The van der Waals surface area contributed by atoms with E-state index in [2.05, 4.69) is 6.42 Å². The summed E-state index contributed by atoms with van der Waals surface area (Å²) in [6.07, 6.45) is 12.8. The zero-order chi connectivity index (χ0) is 6.81. The number of rotatable bonds is 0. The first-order valence-electron chi connectivity index (χ1n) is 4.37. The van der Waals surface area contributed by atoms with Crippen LogP contribution in [0.25, 0.3) is 0 Å². The van der Waals surface area contributed by atoms with Gasteiger partial charge in [0.1, 0.15) is 0 Å². The maximum atomic E-state index is 3.43. The summed E-state index contributed by atoms with van der Waals surface area (Å²) in [6.45, 7) is 0. The molecule has 0 amide bonds. The molecule has 0 heterocycles. The lowest BCUT2D eigenvalue weighted by atomic mass is 9.82. The van der Waals surface area contributed by atoms with E-state index in [1.807, 2.05) is 0 Å². The van der Waals surface area contributed by atoms with Gasteiger partial charge in [-0.05, 0) is 51.4 Å². The molecule has 0 aromatic carbocycles. The quantitative estimate of drug-likeness (QED) is 0.446. The van der Waals surface area contributed by atoms with Crippen molar-refractivity contribution in [3.63, 3.8) is 0 Å². The molecule has 0 fully saturated rings. The SMILES string of the molecule is [C]1CCC2=C(C1)CCCC2. The molecule has 2 radical (unpaired) electrons. The van der Waals surface area contributed by atoms with Gasteiger partial charge < -0.3 is 0 Å². The third-order valence-electron chi connectivity index (χ3n) is 2.65. The monoisotopic (exact) mass is 134 g/mol. The number of hydrogen-bond donors (Lipinski definition) is 0. The van der Waals surface area contributed by atoms with E-state index in [9.17, 15) is 0 Å². The van der Waals surface area contributed by atoms with Gasteiger partial charge in [-0.1, -0.05) is 11.1 Å². The van der Waals surface area contributed by atoms with Gasteiger partial charge in [-0.25, -0.2) is 0 Å². The van der Waals surface area contributed by atoms with Crippen molar-refractivity contribution in [1.29, 1.82) is 0 Å². The average Bonchev–Trinajstić information content (AvgIpc) is 2.05. The first kappa shape index (κ1) is 6.45. The Hall–Kier alpha value is -0.260. The second kappa shape index (κ2) is 2.77. The molecule has 0 saturated carbocycles. The lowest BCUT2D eigenvalue weighted by Crippen LogP contribution is -2.04. The Morgan fingerprint density at radius 2 is 1.70 bits per heavy atom. The van der Waals surface area contributed by atoms with Crippen molar-refractivity contribution in [2.24, 2.45) is 0 Å². The second-order valence-corrected chi connectivity index (χ2v) is 3.34. The highest BCUT2D eigenvalue weighted by Gasteiger charge is 2.15. The molecule has 0 saturated heterocycles. The van der Waals surface area contributed by atoms with Crippen LogP contribution in [0.5, 0.6) is 0 Å². The molecule has 0 spiro atoms. The normalized spacial score (nSPS) is 26.4. The van der Waals surface area contributed by atoms with Gasteiger partial charge in [0.05, 0.1) is 0 Å². The Labute approximate surface area is 63.3 Å². The van der Waals surface area contributed by atoms with Crippen LogP contribution in [-0.2, 0) is 0 Å². The van der Waals surface area contributed by atoms with Crippen LogP contribution >= 0.6 is 0 Å². The lowest BCUT2D eigenvalue weighted by Gasteiger charge is -2.23. The first-order valence-corrected chi connectivity index (χ1v) is 4.37. The summed E-state index contributed by atoms with van der Waals surface area (Å²) in [5, 5.41) is 0. The maximum absolute atomic E-state index is 3.43. The molecule has 2 aliphatic rings. The molecule has 0 heteroatoms. The number of hydrogen-bond acceptors (Lipinski definition) is 0. The molecule has 54 valence electrons. The van der Waals surface area contributed by atoms with E-state index >= 15 is 0 Å². The summed E-state index contributed by atoms with van der Waals surface area (Å²) >= 11 is 0. The fourth-order valence-electron chi connectivity index (χ4n) is 2.02. The van der Waals surface area contributed by atoms with Crippen LogP contribution in [0.1, 0.15) is 44.9 Å². The highest BCUT2D eigenvalue weighted by molar-refractivity contribution is 5.21. The fourth-order valence-corrected chi connectivity index (χ4v) is 2.02. The van der Waals surface area contributed by atoms with E-state index in [1.165, 1.54) is 44.9 Å². The van der Waals surface area contributed by atoms with Crippen LogP contribution in [0, 0.1) is 6.42 Å². The van der Waals surface area contributed by atoms with Gasteiger partial charge in [-0.2, -0.15) is 0 Å². The summed E-state index contributed by atoms with van der Waals surface area (Å²) in [6, 6.07) is 0. The van der Waals surface area contributed by atoms with Crippen molar-refractivity contribution in [2.75, 3.05) is 0 Å². The van der Waals surface area contributed by atoms with Crippen LogP contribution < -0.4 is 0 Å². The topological polar surface area (TPSA) is 0 Å². The molecular formula is C10H14. The Kier molecular flexibility index (Phi) is 1.79. The van der Waals surface area contributed by atoms with E-state index in [0.29, 0.717) is 0 Å². The van der Waals surface area contributed by atoms with Crippen molar-refractivity contribution < 1.29 is 0 Å². The molecule has 2 rings (SSSR count). The maximum Gasteiger partial charge on any atom is -0.0127 e. The van der Waals surface area contributed by atoms with Gasteiger partial charge in [0.2, 0.25) is 0 Å². The lowest BCUT2D eigenvalue weighted by molar-refractivity contribution is 0.606. The highest BCUT2D eigenvalue weighted by atomic mass is 14.2. The Morgan fingerprint density at radius 3 is 2.50 bits per heavy atom.